The zero-order valence-electron chi connectivity index (χ0n) is 60.7. The zero-order valence-corrected chi connectivity index (χ0v) is 60.7. The Kier molecular flexibility index (Phi) is 33.3. The molecule has 11 heterocycles. The van der Waals surface area contributed by atoms with Gasteiger partial charge in [-0.15, -0.1) is 0 Å². The fourth-order valence-corrected chi connectivity index (χ4v) is 14.8. The Morgan fingerprint density at radius 1 is 0.181 bits per heavy atom. The van der Waals surface area contributed by atoms with E-state index in [4.69, 9.17) is 99.5 Å². The molecule has 11 fully saturated rings. The molecule has 32 N–H and O–H groups in total. The van der Waals surface area contributed by atoms with Crippen LogP contribution in [0.15, 0.2) is 0 Å². The average molecular weight is 1710 g/mol. The summed E-state index contributed by atoms with van der Waals surface area (Å²) in [6, 6.07) is 0. The van der Waals surface area contributed by atoms with Gasteiger partial charge in [-0.3, -0.25) is 0 Å². The maximum absolute atomic E-state index is 12.3. The highest BCUT2D eigenvalue weighted by Crippen LogP contribution is 2.40. The average Bonchev–Trinajstić information content (AvgIpc) is 0.768. The Morgan fingerprint density at radius 2 is 0.371 bits per heavy atom. The van der Waals surface area contributed by atoms with Gasteiger partial charge in [0.2, 0.25) is 0 Å². The van der Waals surface area contributed by atoms with E-state index in [-0.39, 0.29) is 0 Å². The first-order valence-electron chi connectivity index (χ1n) is 36.9. The molecule has 0 saturated carbocycles. The van der Waals surface area contributed by atoms with Crippen LogP contribution < -0.4 is 0 Å². The molecule has 0 bridgehead atoms. The van der Waals surface area contributed by atoms with Gasteiger partial charge in [-0.1, -0.05) is 0 Å². The number of hydrogen-bond acceptors (Lipinski definition) is 53. The predicted molar refractivity (Wildman–Crippen MR) is 344 cm³/mol. The van der Waals surface area contributed by atoms with E-state index in [1.54, 1.807) is 0 Å². The van der Waals surface area contributed by atoms with Gasteiger partial charge in [-0.05, 0) is 0 Å². The molecule has 1 unspecified atom stereocenters. The molecule has 53 nitrogen and oxygen atoms in total. The minimum absolute atomic E-state index is 0.653. The van der Waals surface area contributed by atoms with Crippen LogP contribution in [0.25, 0.3) is 0 Å². The molecular weight excluding hydrogens is 1600 g/mol. The fourth-order valence-electron chi connectivity index (χ4n) is 14.8. The highest BCUT2D eigenvalue weighted by Gasteiger charge is 2.61. The molecule has 0 aliphatic carbocycles. The van der Waals surface area contributed by atoms with Crippen LogP contribution in [0, 0.1) is 0 Å². The van der Waals surface area contributed by atoms with Crippen LogP contribution >= 0.6 is 0 Å². The van der Waals surface area contributed by atoms with Gasteiger partial charge in [0.15, 0.2) is 69.2 Å². The second-order valence-corrected chi connectivity index (χ2v) is 29.6. The fraction of sp³-hybridized carbons (Fsp3) is 1.00. The molecule has 11 rings (SSSR count). The third-order valence-electron chi connectivity index (χ3n) is 21.7. The summed E-state index contributed by atoms with van der Waals surface area (Å²) in [6.45, 7) is -10.4. The smallest absolute Gasteiger partial charge is 0.187 e. The first kappa shape index (κ1) is 94.6. The molecule has 116 heavy (non-hydrogen) atoms. The minimum atomic E-state index is -2.54. The predicted octanol–water partition coefficient (Wildman–Crippen LogP) is -23.1. The number of rotatable bonds is 28. The normalized spacial score (nSPS) is 54.0. The van der Waals surface area contributed by atoms with Gasteiger partial charge in [0, 0.05) is 0 Å². The van der Waals surface area contributed by atoms with Crippen molar-refractivity contribution < 1.29 is 263 Å². The van der Waals surface area contributed by atoms with Crippen LogP contribution in [0.3, 0.4) is 0 Å². The summed E-state index contributed by atoms with van der Waals surface area (Å²) in [6.07, 6.45) is -108. The van der Waals surface area contributed by atoms with E-state index in [1.165, 1.54) is 0 Å². The Labute approximate surface area is 653 Å². The van der Waals surface area contributed by atoms with Crippen molar-refractivity contribution in [1.82, 2.24) is 0 Å². The highest BCUT2D eigenvalue weighted by atomic mass is 16.8. The lowest BCUT2D eigenvalue weighted by Crippen LogP contribution is -2.69. The summed E-state index contributed by atoms with van der Waals surface area (Å²) in [5, 5.41) is 349. The van der Waals surface area contributed by atoms with Gasteiger partial charge in [0.1, 0.15) is 250 Å². The second kappa shape index (κ2) is 40.9. The highest BCUT2D eigenvalue weighted by molar-refractivity contribution is 5.03. The Morgan fingerprint density at radius 3 is 0.612 bits per heavy atom. The summed E-state index contributed by atoms with van der Waals surface area (Å²) in [5.74, 6) is 0. The molecule has 0 amide bonds. The van der Waals surface area contributed by atoms with Crippen LogP contribution in [-0.4, -0.2) is 556 Å². The molecule has 0 aromatic heterocycles. The Bertz CT molecular complexity index is 2950. The topological polar surface area (TPSA) is 841 Å². The van der Waals surface area contributed by atoms with E-state index in [1.807, 2.05) is 0 Å². The molecule has 52 atom stereocenters. The van der Waals surface area contributed by atoms with Crippen molar-refractivity contribution in [2.45, 2.75) is 319 Å². The van der Waals surface area contributed by atoms with Gasteiger partial charge in [0.25, 0.3) is 0 Å². The van der Waals surface area contributed by atoms with Crippen molar-refractivity contribution in [3.8, 4) is 0 Å². The van der Waals surface area contributed by atoms with Crippen LogP contribution in [0.2, 0.25) is 0 Å². The molecule has 0 aromatic rings. The zero-order chi connectivity index (χ0) is 84.6. The summed E-state index contributed by atoms with van der Waals surface area (Å²) < 4.78 is 120. The van der Waals surface area contributed by atoms with E-state index >= 15 is 0 Å². The molecule has 0 radical (unpaired) electrons. The first-order valence-corrected chi connectivity index (χ1v) is 36.9. The van der Waals surface area contributed by atoms with Gasteiger partial charge >= 0.3 is 0 Å². The van der Waals surface area contributed by atoms with Crippen molar-refractivity contribution in [1.29, 1.82) is 0 Å². The van der Waals surface area contributed by atoms with Crippen LogP contribution in [0.1, 0.15) is 0 Å². The van der Waals surface area contributed by atoms with Crippen LogP contribution in [0.4, 0.5) is 0 Å². The minimum Gasteiger partial charge on any atom is -0.394 e. The molecule has 0 spiro atoms. The lowest BCUT2D eigenvalue weighted by molar-refractivity contribution is -0.403. The van der Waals surface area contributed by atoms with E-state index in [0.29, 0.717) is 0 Å². The Balaban J connectivity index is 0.817. The molecule has 676 valence electrons. The molecule has 0 aromatic carbocycles. The van der Waals surface area contributed by atoms with Crippen molar-refractivity contribution in [2.75, 3.05) is 72.7 Å². The van der Waals surface area contributed by atoms with E-state index < -0.39 is 392 Å². The maximum Gasteiger partial charge on any atom is 0.187 e. The number of aliphatic hydroxyl groups is 32. The summed E-state index contributed by atoms with van der Waals surface area (Å²) in [7, 11) is 0. The lowest BCUT2D eigenvalue weighted by Gasteiger charge is -2.50. The van der Waals surface area contributed by atoms with E-state index in [2.05, 4.69) is 0 Å². The summed E-state index contributed by atoms with van der Waals surface area (Å²) >= 11 is 0. The van der Waals surface area contributed by atoms with E-state index in [9.17, 15) is 163 Å². The number of aliphatic hydroxyl groups excluding tert-OH is 32. The standard InChI is InChI=1S/C63H106O53/c64-1-15-26(75)27(76)39(88)57(103-15)111-47-17(3-66)106-60(42(91)31(47)80)114-50-20(9-99-54-36(85)23(72)12(69)6-96-54)108-62(44(93)33(50)82)116-52-22(11-101-56-38(87)25(74)14(71)8-98-56)109-63(45(94)34(52)83)115-51-21(10-100-55-37(86)24(73)13(70)7-97-55)107-61(43(92)32(51)81)113-49-19(5-68)105-59(41(90)30(49)79)112-48-18(4-67)104-58(40(89)29(48)78)110-46-16(2-65)102-53(95)35(84)28(46)77/h12-95H,1-11H2/t12-,13-,14-,15-,16-,17-,18-,19-,20-,21-,22-,23+,24+,25+,26+,27+,28-,29-,30-,31-,32-,33-,34-,35-,36-,37-,38-,39-,40-,41-,42-,43-,44-,45-,46-,47-,48-,49-,50-,51-,52-,53?,54-,55-,56-,57+,58+,59-,60+,61+,62+,63+/m1/s1. The van der Waals surface area contributed by atoms with Crippen molar-refractivity contribution in [3.63, 3.8) is 0 Å². The van der Waals surface area contributed by atoms with Gasteiger partial charge < -0.3 is 263 Å². The van der Waals surface area contributed by atoms with Gasteiger partial charge in [-0.25, -0.2) is 0 Å². The van der Waals surface area contributed by atoms with E-state index in [0.717, 1.165) is 0 Å². The molecular formula is C63H106O53. The molecule has 11 aliphatic heterocycles. The van der Waals surface area contributed by atoms with Gasteiger partial charge in [-0.2, -0.15) is 0 Å². The Hall–Kier alpha value is -2.12. The molecule has 11 aliphatic rings. The van der Waals surface area contributed by atoms with Crippen molar-refractivity contribution in [3.05, 3.63) is 0 Å². The quantitative estimate of drug-likeness (QED) is 0.0346. The number of hydrogen-bond donors (Lipinski definition) is 32. The number of ether oxygens (including phenoxy) is 21. The SMILES string of the molecule is OC[C@H]1O[C@@H](O[C@H]2[C@H](O)[C@@H](O)[C@H](O[C@H]3[C@H](O)[C@@H](O)[C@H](O[C@H]4[C@H](O)[C@@H](O)[C@H](O[C@H]5[C@H](O)[C@@H](O)[C@H](O[C@H]6[C@H](O)[C@@H](O)[C@@H](O[C@H]7[C@H](O)[C@@H](O)[C@H](O[C@H]8[C@H](O)[C@@H](O)C(O)O[C@@H]8CO)O[C@@H]7CO)O[C@@H]6CO)O[C@@H]5CO[C@H]5OC[C@@H](O)[C@H](O)[C@H]5O)O[C@@H]4CO[C@H]4OC[C@@H](O)[C@H](O)[C@H]4O)O[C@@H]3CO[C@H]3OC[C@@H](O)[C@H](O)[C@H]3O)O[C@@H]2CO)[C@H](O)[C@@H](O)[C@H]1O. The van der Waals surface area contributed by atoms with Crippen molar-refractivity contribution >= 4 is 0 Å². The molecule has 11 saturated heterocycles. The first-order chi connectivity index (χ1) is 55.0. The summed E-state index contributed by atoms with van der Waals surface area (Å²) in [5.41, 5.74) is 0. The largest absolute Gasteiger partial charge is 0.394 e. The van der Waals surface area contributed by atoms with Crippen LogP contribution in [0.5, 0.6) is 0 Å². The lowest BCUT2D eigenvalue weighted by atomic mass is 9.95. The second-order valence-electron chi connectivity index (χ2n) is 29.6. The third-order valence-corrected chi connectivity index (χ3v) is 21.7. The van der Waals surface area contributed by atoms with Crippen molar-refractivity contribution in [2.24, 2.45) is 0 Å². The maximum atomic E-state index is 12.3. The monoisotopic (exact) mass is 1710 g/mol. The van der Waals surface area contributed by atoms with Gasteiger partial charge in [0.05, 0.1) is 72.7 Å². The van der Waals surface area contributed by atoms with Crippen LogP contribution in [-0.2, 0) is 99.5 Å². The summed E-state index contributed by atoms with van der Waals surface area (Å²) in [4.78, 5) is 0. The molecule has 53 heteroatoms. The third kappa shape index (κ3) is 20.1.